The van der Waals surface area contributed by atoms with Gasteiger partial charge in [0.05, 0.1) is 35.0 Å². The molecule has 8 nitrogen and oxygen atoms in total. The maximum atomic E-state index is 13.0. The van der Waals surface area contributed by atoms with Crippen LogP contribution in [0.3, 0.4) is 0 Å². The predicted molar refractivity (Wildman–Crippen MR) is 141 cm³/mol. The highest BCUT2D eigenvalue weighted by molar-refractivity contribution is 6.23. The average molecular weight is 520 g/mol. The van der Waals surface area contributed by atoms with Gasteiger partial charge in [-0.1, -0.05) is 24.3 Å². The summed E-state index contributed by atoms with van der Waals surface area (Å²) in [6, 6.07) is 13.2. The van der Waals surface area contributed by atoms with Crippen molar-refractivity contribution in [2.45, 2.75) is 12.8 Å². The fraction of sp³-hybridized carbons (Fsp3) is 0.323. The van der Waals surface area contributed by atoms with E-state index >= 15 is 0 Å². The molecule has 1 N–H and O–H groups in total. The van der Waals surface area contributed by atoms with Crippen molar-refractivity contribution < 1.29 is 24.0 Å². The average Bonchev–Trinajstić information content (AvgIpc) is 3.78. The van der Waals surface area contributed by atoms with Crippen LogP contribution in [0.5, 0.6) is 0 Å². The van der Waals surface area contributed by atoms with Gasteiger partial charge in [-0.05, 0) is 85.0 Å². The van der Waals surface area contributed by atoms with Crippen LogP contribution in [0.4, 0.5) is 17.1 Å². The van der Waals surface area contributed by atoms with Gasteiger partial charge in [0.25, 0.3) is 5.91 Å². The minimum atomic E-state index is -0.349. The topological polar surface area (TPSA) is 104 Å². The van der Waals surface area contributed by atoms with Gasteiger partial charge in [-0.25, -0.2) is 0 Å². The number of allylic oxidation sites excluding steroid dienone is 4. The molecule has 2 heterocycles. The number of benzene rings is 2. The quantitative estimate of drug-likeness (QED) is 0.492. The molecule has 0 aromatic heterocycles. The molecule has 8 heteroatoms. The lowest BCUT2D eigenvalue weighted by Crippen LogP contribution is -2.32. The zero-order valence-electron chi connectivity index (χ0n) is 20.9. The summed E-state index contributed by atoms with van der Waals surface area (Å²) in [4.78, 5) is 67.6. The summed E-state index contributed by atoms with van der Waals surface area (Å²) in [6.07, 6.45) is 10.0. The van der Waals surface area contributed by atoms with Crippen LogP contribution in [0.25, 0.3) is 0 Å². The Morgan fingerprint density at radius 1 is 0.564 bits per heavy atom. The van der Waals surface area contributed by atoms with Crippen LogP contribution >= 0.6 is 0 Å². The van der Waals surface area contributed by atoms with E-state index < -0.39 is 0 Å². The second-order valence-corrected chi connectivity index (χ2v) is 11.6. The normalized spacial score (nSPS) is 35.0. The van der Waals surface area contributed by atoms with E-state index in [1.807, 2.05) is 0 Å². The summed E-state index contributed by atoms with van der Waals surface area (Å²) >= 11 is 0. The Kier molecular flexibility index (Phi) is 4.55. The zero-order chi connectivity index (χ0) is 26.6. The fourth-order valence-corrected chi connectivity index (χ4v) is 7.97. The first-order chi connectivity index (χ1) is 18.9. The van der Waals surface area contributed by atoms with Gasteiger partial charge in [0.1, 0.15) is 0 Å². The third kappa shape index (κ3) is 3.02. The number of fused-ring (bicyclic) bond motifs is 10. The number of amides is 5. The predicted octanol–water partition coefficient (Wildman–Crippen LogP) is 3.56. The lowest BCUT2D eigenvalue weighted by atomic mass is 9.85. The summed E-state index contributed by atoms with van der Waals surface area (Å²) in [5, 5.41) is 2.83. The Labute approximate surface area is 224 Å². The number of anilines is 3. The molecule has 2 aromatic rings. The Bertz CT molecular complexity index is 1480. The minimum Gasteiger partial charge on any atom is -0.322 e. The summed E-state index contributed by atoms with van der Waals surface area (Å²) in [6.45, 7) is 0. The molecule has 194 valence electrons. The number of rotatable bonds is 4. The van der Waals surface area contributed by atoms with Gasteiger partial charge in [-0.3, -0.25) is 33.8 Å². The highest BCUT2D eigenvalue weighted by atomic mass is 16.2. The second kappa shape index (κ2) is 7.85. The first-order valence-electron chi connectivity index (χ1n) is 13.5. The van der Waals surface area contributed by atoms with Crippen molar-refractivity contribution in [1.29, 1.82) is 0 Å². The Morgan fingerprint density at radius 2 is 0.923 bits per heavy atom. The van der Waals surface area contributed by atoms with Crippen molar-refractivity contribution in [1.82, 2.24) is 0 Å². The van der Waals surface area contributed by atoms with Gasteiger partial charge < -0.3 is 5.32 Å². The van der Waals surface area contributed by atoms with Gasteiger partial charge in [0.15, 0.2) is 0 Å². The van der Waals surface area contributed by atoms with Crippen LogP contribution in [0.15, 0.2) is 72.8 Å². The standard InChI is InChI=1S/C31H25N3O5/c35-27(15-5-9-21(10-6-15)33-28(36)23-16-1-2-17(13-16)24(23)29(33)37)32-20-7-11-22(12-8-20)34-30(38)25-18-3-4-19(14-18)26(25)31(34)39/h1-12,16-19,23-26H,13-14H2,(H,32,35). The van der Waals surface area contributed by atoms with Gasteiger partial charge in [0, 0.05) is 11.3 Å². The van der Waals surface area contributed by atoms with Crippen LogP contribution < -0.4 is 15.1 Å². The number of nitrogens with zero attached hydrogens (tertiary/aromatic N) is 2. The van der Waals surface area contributed by atoms with E-state index in [0.29, 0.717) is 22.6 Å². The van der Waals surface area contributed by atoms with Crippen molar-refractivity contribution in [3.63, 3.8) is 0 Å². The molecule has 2 saturated carbocycles. The molecule has 2 saturated heterocycles. The molecule has 8 unspecified atom stereocenters. The van der Waals surface area contributed by atoms with Crippen LogP contribution in [0.2, 0.25) is 0 Å². The highest BCUT2D eigenvalue weighted by Gasteiger charge is 2.60. The van der Waals surface area contributed by atoms with Crippen LogP contribution in [-0.2, 0) is 19.2 Å². The maximum absolute atomic E-state index is 13.0. The Hall–Kier alpha value is -4.33. The van der Waals surface area contributed by atoms with Crippen molar-refractivity contribution >= 4 is 46.6 Å². The largest absolute Gasteiger partial charge is 0.322 e. The highest BCUT2D eigenvalue weighted by Crippen LogP contribution is 2.54. The minimum absolute atomic E-state index is 0.138. The number of carbonyl (C=O) groups is 5. The van der Waals surface area contributed by atoms with E-state index in [1.54, 1.807) is 48.5 Å². The smallest absolute Gasteiger partial charge is 0.255 e. The first-order valence-corrected chi connectivity index (χ1v) is 13.5. The maximum Gasteiger partial charge on any atom is 0.255 e. The van der Waals surface area contributed by atoms with Gasteiger partial charge in [0.2, 0.25) is 23.6 Å². The molecule has 4 fully saturated rings. The Balaban J connectivity index is 0.952. The van der Waals surface area contributed by atoms with Crippen molar-refractivity contribution in [2.24, 2.45) is 47.3 Å². The molecule has 2 aliphatic heterocycles. The number of carbonyl (C=O) groups excluding carboxylic acids is 5. The molecule has 4 bridgehead atoms. The number of hydrogen-bond donors (Lipinski definition) is 1. The lowest BCUT2D eigenvalue weighted by molar-refractivity contribution is -0.124. The van der Waals surface area contributed by atoms with E-state index in [1.165, 1.54) is 9.80 Å². The van der Waals surface area contributed by atoms with E-state index in [2.05, 4.69) is 29.6 Å². The zero-order valence-corrected chi connectivity index (χ0v) is 20.9. The van der Waals surface area contributed by atoms with E-state index in [4.69, 9.17) is 0 Å². The Morgan fingerprint density at radius 3 is 1.31 bits per heavy atom. The molecule has 4 aliphatic carbocycles. The second-order valence-electron chi connectivity index (χ2n) is 11.6. The van der Waals surface area contributed by atoms with Crippen molar-refractivity contribution in [3.05, 3.63) is 78.4 Å². The number of imide groups is 2. The van der Waals surface area contributed by atoms with Crippen LogP contribution in [0, 0.1) is 47.3 Å². The molecule has 8 atom stereocenters. The third-order valence-corrected chi connectivity index (χ3v) is 9.71. The molecular formula is C31H25N3O5. The van der Waals surface area contributed by atoms with Crippen LogP contribution in [-0.4, -0.2) is 29.5 Å². The van der Waals surface area contributed by atoms with Crippen molar-refractivity contribution in [3.8, 4) is 0 Å². The lowest BCUT2D eigenvalue weighted by Gasteiger charge is -2.18. The molecule has 8 rings (SSSR count). The van der Waals surface area contributed by atoms with E-state index in [9.17, 15) is 24.0 Å². The molecule has 6 aliphatic rings. The van der Waals surface area contributed by atoms with E-state index in [0.717, 1.165) is 12.8 Å². The van der Waals surface area contributed by atoms with Crippen molar-refractivity contribution in [2.75, 3.05) is 15.1 Å². The molecular weight excluding hydrogens is 494 g/mol. The molecule has 2 aromatic carbocycles. The third-order valence-electron chi connectivity index (χ3n) is 9.71. The fourth-order valence-electron chi connectivity index (χ4n) is 7.97. The summed E-state index contributed by atoms with van der Waals surface area (Å²) < 4.78 is 0. The molecule has 5 amide bonds. The SMILES string of the molecule is O=C(Nc1ccc(N2C(=O)C3C4C=CC(C4)C3C2=O)cc1)c1ccc(N2C(=O)C3C4C=CC(C4)C3C2=O)cc1. The van der Waals surface area contributed by atoms with Gasteiger partial charge >= 0.3 is 0 Å². The monoisotopic (exact) mass is 519 g/mol. The summed E-state index contributed by atoms with van der Waals surface area (Å²) in [5.41, 5.74) is 1.89. The van der Waals surface area contributed by atoms with E-state index in [-0.39, 0.29) is 76.9 Å². The molecule has 39 heavy (non-hydrogen) atoms. The number of hydrogen-bond acceptors (Lipinski definition) is 5. The van der Waals surface area contributed by atoms with Crippen LogP contribution in [0.1, 0.15) is 23.2 Å². The van der Waals surface area contributed by atoms with Gasteiger partial charge in [-0.2, -0.15) is 0 Å². The summed E-state index contributed by atoms with van der Waals surface area (Å²) in [5.74, 6) is -1.38. The first kappa shape index (κ1) is 22.6. The van der Waals surface area contributed by atoms with Gasteiger partial charge in [-0.15, -0.1) is 0 Å². The number of nitrogens with one attached hydrogen (secondary N) is 1. The summed E-state index contributed by atoms with van der Waals surface area (Å²) in [7, 11) is 0. The molecule has 0 radical (unpaired) electrons. The molecule has 0 spiro atoms.